The van der Waals surface area contributed by atoms with Crippen LogP contribution in [-0.2, 0) is 16.1 Å². The van der Waals surface area contributed by atoms with Crippen molar-refractivity contribution in [3.63, 3.8) is 0 Å². The zero-order valence-corrected chi connectivity index (χ0v) is 9.78. The Balaban J connectivity index is 2.61. The first-order valence-electron chi connectivity index (χ1n) is 5.22. The summed E-state index contributed by atoms with van der Waals surface area (Å²) in [6.07, 6.45) is 0. The van der Waals surface area contributed by atoms with E-state index in [1.807, 2.05) is 38.4 Å². The molecule has 1 unspecified atom stereocenters. The van der Waals surface area contributed by atoms with Crippen LogP contribution < -0.4 is 0 Å². The molecule has 15 heavy (non-hydrogen) atoms. The number of rotatable bonds is 4. The predicted molar refractivity (Wildman–Crippen MR) is 57.5 cm³/mol. The highest BCUT2D eigenvalue weighted by molar-refractivity contribution is 5.71. The minimum absolute atomic E-state index is 0.150. The lowest BCUT2D eigenvalue weighted by molar-refractivity contribution is -0.147. The average molecular weight is 210 g/mol. The van der Waals surface area contributed by atoms with E-state index < -0.39 is 0 Å². The summed E-state index contributed by atoms with van der Waals surface area (Å²) >= 11 is 0. The summed E-state index contributed by atoms with van der Waals surface area (Å²) < 4.78 is 6.79. The van der Waals surface area contributed by atoms with E-state index in [9.17, 15) is 4.79 Å². The molecule has 4 heteroatoms. The standard InChI is InChI=1S/C11H18N2O2/c1-5-15-11(14)8(2)7-13-10(4)6-9(3)12-13/h6,8H,5,7H2,1-4H3. The Morgan fingerprint density at radius 1 is 1.60 bits per heavy atom. The number of hydrogen-bond donors (Lipinski definition) is 0. The predicted octanol–water partition coefficient (Wildman–Crippen LogP) is 1.70. The molecule has 0 aliphatic carbocycles. The van der Waals surface area contributed by atoms with Crippen molar-refractivity contribution in [3.05, 3.63) is 17.5 Å². The largest absolute Gasteiger partial charge is 0.466 e. The summed E-state index contributed by atoms with van der Waals surface area (Å²) in [5.41, 5.74) is 2.05. The number of esters is 1. The van der Waals surface area contributed by atoms with Gasteiger partial charge in [-0.2, -0.15) is 5.10 Å². The molecule has 1 aromatic rings. The van der Waals surface area contributed by atoms with E-state index in [0.29, 0.717) is 13.2 Å². The molecule has 1 aromatic heterocycles. The number of hydrogen-bond acceptors (Lipinski definition) is 3. The van der Waals surface area contributed by atoms with E-state index in [2.05, 4.69) is 5.10 Å². The first-order chi connectivity index (χ1) is 7.04. The average Bonchev–Trinajstić information content (AvgIpc) is 2.45. The van der Waals surface area contributed by atoms with Crippen molar-refractivity contribution in [3.8, 4) is 0 Å². The van der Waals surface area contributed by atoms with Crippen LogP contribution in [0.1, 0.15) is 25.2 Å². The van der Waals surface area contributed by atoms with Crippen LogP contribution >= 0.6 is 0 Å². The van der Waals surface area contributed by atoms with Gasteiger partial charge in [-0.1, -0.05) is 6.92 Å². The SMILES string of the molecule is CCOC(=O)C(C)Cn1nc(C)cc1C. The molecule has 0 aliphatic rings. The van der Waals surface area contributed by atoms with Crippen LogP contribution in [0.3, 0.4) is 0 Å². The molecule has 84 valence electrons. The van der Waals surface area contributed by atoms with Gasteiger partial charge >= 0.3 is 5.97 Å². The minimum atomic E-state index is -0.162. The molecule has 0 N–H and O–H groups in total. The molecule has 0 bridgehead atoms. The Hall–Kier alpha value is -1.32. The highest BCUT2D eigenvalue weighted by atomic mass is 16.5. The molecule has 0 radical (unpaired) electrons. The Kier molecular flexibility index (Phi) is 3.88. The second-order valence-corrected chi connectivity index (χ2v) is 3.76. The summed E-state index contributed by atoms with van der Waals surface area (Å²) in [4.78, 5) is 11.4. The van der Waals surface area contributed by atoms with Gasteiger partial charge in [-0.25, -0.2) is 0 Å². The number of nitrogens with zero attached hydrogens (tertiary/aromatic N) is 2. The van der Waals surface area contributed by atoms with Gasteiger partial charge in [0, 0.05) is 5.69 Å². The van der Waals surface area contributed by atoms with Crippen LogP contribution in [0.2, 0.25) is 0 Å². The van der Waals surface area contributed by atoms with Crippen LogP contribution in [0.5, 0.6) is 0 Å². The second kappa shape index (κ2) is 4.96. The van der Waals surface area contributed by atoms with Gasteiger partial charge in [0.05, 0.1) is 24.8 Å². The molecule has 0 saturated heterocycles. The molecular formula is C11H18N2O2. The zero-order chi connectivity index (χ0) is 11.4. The Bertz CT molecular complexity index is 344. The molecule has 0 aromatic carbocycles. The van der Waals surface area contributed by atoms with Gasteiger partial charge in [-0.15, -0.1) is 0 Å². The molecule has 0 saturated carbocycles. The van der Waals surface area contributed by atoms with Gasteiger partial charge in [-0.05, 0) is 26.8 Å². The zero-order valence-electron chi connectivity index (χ0n) is 9.78. The van der Waals surface area contributed by atoms with Gasteiger partial charge in [0.15, 0.2) is 0 Å². The maximum Gasteiger partial charge on any atom is 0.310 e. The summed E-state index contributed by atoms with van der Waals surface area (Å²) in [5, 5.41) is 4.30. The molecule has 1 heterocycles. The van der Waals surface area contributed by atoms with Crippen molar-refractivity contribution in [2.75, 3.05) is 6.61 Å². The van der Waals surface area contributed by atoms with Crippen molar-refractivity contribution >= 4 is 5.97 Å². The topological polar surface area (TPSA) is 44.1 Å². The van der Waals surface area contributed by atoms with Gasteiger partial charge < -0.3 is 4.74 Å². The van der Waals surface area contributed by atoms with E-state index in [4.69, 9.17) is 4.74 Å². The smallest absolute Gasteiger partial charge is 0.310 e. The lowest BCUT2D eigenvalue weighted by atomic mass is 10.2. The van der Waals surface area contributed by atoms with Crippen LogP contribution in [-0.4, -0.2) is 22.4 Å². The summed E-state index contributed by atoms with van der Waals surface area (Å²) in [7, 11) is 0. The minimum Gasteiger partial charge on any atom is -0.466 e. The molecule has 0 aliphatic heterocycles. The fourth-order valence-electron chi connectivity index (χ4n) is 1.48. The monoisotopic (exact) mass is 210 g/mol. The van der Waals surface area contributed by atoms with E-state index >= 15 is 0 Å². The third kappa shape index (κ3) is 3.08. The van der Waals surface area contributed by atoms with E-state index in [0.717, 1.165) is 11.4 Å². The van der Waals surface area contributed by atoms with Gasteiger partial charge in [-0.3, -0.25) is 9.48 Å². The van der Waals surface area contributed by atoms with Crippen molar-refractivity contribution in [2.45, 2.75) is 34.2 Å². The first-order valence-corrected chi connectivity index (χ1v) is 5.22. The van der Waals surface area contributed by atoms with Crippen LogP contribution in [0.25, 0.3) is 0 Å². The maximum atomic E-state index is 11.4. The summed E-state index contributed by atoms with van der Waals surface area (Å²) in [5.74, 6) is -0.312. The van der Waals surface area contributed by atoms with Gasteiger partial charge in [0.1, 0.15) is 0 Å². The molecule has 0 fully saturated rings. The molecular weight excluding hydrogens is 192 g/mol. The third-order valence-electron chi connectivity index (χ3n) is 2.24. The fourth-order valence-corrected chi connectivity index (χ4v) is 1.48. The number of aromatic nitrogens is 2. The molecule has 0 amide bonds. The molecule has 0 spiro atoms. The molecule has 1 rings (SSSR count). The Morgan fingerprint density at radius 3 is 2.73 bits per heavy atom. The van der Waals surface area contributed by atoms with Crippen molar-refractivity contribution in [2.24, 2.45) is 5.92 Å². The van der Waals surface area contributed by atoms with Crippen LogP contribution in [0.15, 0.2) is 6.07 Å². The third-order valence-corrected chi connectivity index (χ3v) is 2.24. The highest BCUT2D eigenvalue weighted by Gasteiger charge is 2.15. The van der Waals surface area contributed by atoms with E-state index in [1.54, 1.807) is 0 Å². The quantitative estimate of drug-likeness (QED) is 0.710. The normalized spacial score (nSPS) is 12.5. The van der Waals surface area contributed by atoms with Crippen molar-refractivity contribution < 1.29 is 9.53 Å². The molecule has 1 atom stereocenters. The van der Waals surface area contributed by atoms with E-state index in [1.165, 1.54) is 0 Å². The van der Waals surface area contributed by atoms with Crippen molar-refractivity contribution in [1.82, 2.24) is 9.78 Å². The Morgan fingerprint density at radius 2 is 2.27 bits per heavy atom. The summed E-state index contributed by atoms with van der Waals surface area (Å²) in [6, 6.07) is 2.00. The lowest BCUT2D eigenvalue weighted by Crippen LogP contribution is -2.21. The number of aryl methyl sites for hydroxylation is 2. The van der Waals surface area contributed by atoms with Crippen molar-refractivity contribution in [1.29, 1.82) is 0 Å². The van der Waals surface area contributed by atoms with Gasteiger partial charge in [0.2, 0.25) is 0 Å². The fraction of sp³-hybridized carbons (Fsp3) is 0.636. The maximum absolute atomic E-state index is 11.4. The highest BCUT2D eigenvalue weighted by Crippen LogP contribution is 2.07. The number of ether oxygens (including phenoxy) is 1. The lowest BCUT2D eigenvalue weighted by Gasteiger charge is -2.11. The van der Waals surface area contributed by atoms with Crippen LogP contribution in [0, 0.1) is 19.8 Å². The number of carbonyl (C=O) groups excluding carboxylic acids is 1. The second-order valence-electron chi connectivity index (χ2n) is 3.76. The molecule has 4 nitrogen and oxygen atoms in total. The van der Waals surface area contributed by atoms with E-state index in [-0.39, 0.29) is 11.9 Å². The van der Waals surface area contributed by atoms with Crippen LogP contribution in [0.4, 0.5) is 0 Å². The summed E-state index contributed by atoms with van der Waals surface area (Å²) in [6.45, 7) is 8.61. The van der Waals surface area contributed by atoms with Gasteiger partial charge in [0.25, 0.3) is 0 Å². The first kappa shape index (κ1) is 11.8. The number of carbonyl (C=O) groups is 1. The Labute approximate surface area is 90.2 Å².